The van der Waals surface area contributed by atoms with Crippen LogP contribution >= 0.6 is 11.6 Å². The highest BCUT2D eigenvalue weighted by Gasteiger charge is 2.20. The van der Waals surface area contributed by atoms with Crippen LogP contribution in [0.1, 0.15) is 41.9 Å². The zero-order valence-electron chi connectivity index (χ0n) is 17.9. The third-order valence-electron chi connectivity index (χ3n) is 5.56. The zero-order chi connectivity index (χ0) is 22.0. The Morgan fingerprint density at radius 3 is 2.55 bits per heavy atom. The highest BCUT2D eigenvalue weighted by atomic mass is 35.5. The summed E-state index contributed by atoms with van der Waals surface area (Å²) in [5.74, 6) is 1.44. The number of ether oxygens (including phenoxy) is 2. The van der Waals surface area contributed by atoms with E-state index in [4.69, 9.17) is 21.1 Å². The molecule has 0 saturated heterocycles. The monoisotopic (exact) mass is 439 g/mol. The largest absolute Gasteiger partial charge is 0.486 e. The molecule has 0 bridgehead atoms. The number of amides is 1. The van der Waals surface area contributed by atoms with Gasteiger partial charge in [0.15, 0.2) is 11.5 Å². The number of nitrogens with one attached hydrogen (secondary N) is 1. The van der Waals surface area contributed by atoms with Gasteiger partial charge in [0.25, 0.3) is 0 Å². The second kappa shape index (κ2) is 9.02. The van der Waals surface area contributed by atoms with Gasteiger partial charge in [-0.1, -0.05) is 24.6 Å². The fourth-order valence-electron chi connectivity index (χ4n) is 3.87. The highest BCUT2D eigenvalue weighted by molar-refractivity contribution is 6.30. The summed E-state index contributed by atoms with van der Waals surface area (Å²) in [7, 11) is 0. The van der Waals surface area contributed by atoms with Gasteiger partial charge >= 0.3 is 0 Å². The molecule has 1 atom stereocenters. The van der Waals surface area contributed by atoms with E-state index in [-0.39, 0.29) is 18.4 Å². The summed E-state index contributed by atoms with van der Waals surface area (Å²) in [6.45, 7) is 7.06. The Bertz CT molecular complexity index is 1090. The molecule has 0 fully saturated rings. The Morgan fingerprint density at radius 1 is 1.13 bits per heavy atom. The van der Waals surface area contributed by atoms with Crippen LogP contribution < -0.4 is 14.8 Å². The van der Waals surface area contributed by atoms with Gasteiger partial charge in [-0.05, 0) is 62.2 Å². The topological polar surface area (TPSA) is 65.4 Å². The Labute approximate surface area is 187 Å². The number of rotatable bonds is 6. The van der Waals surface area contributed by atoms with E-state index in [1.54, 1.807) is 0 Å². The van der Waals surface area contributed by atoms with Crippen LogP contribution in [0.15, 0.2) is 42.5 Å². The first-order valence-corrected chi connectivity index (χ1v) is 10.8. The van der Waals surface area contributed by atoms with Crippen LogP contribution in [0.2, 0.25) is 5.02 Å². The van der Waals surface area contributed by atoms with Gasteiger partial charge in [-0.25, -0.2) is 4.68 Å². The minimum Gasteiger partial charge on any atom is -0.486 e. The summed E-state index contributed by atoms with van der Waals surface area (Å²) in [6, 6.07) is 13.2. The highest BCUT2D eigenvalue weighted by Crippen LogP contribution is 2.33. The molecule has 0 radical (unpaired) electrons. The molecule has 31 heavy (non-hydrogen) atoms. The number of carbonyl (C=O) groups is 1. The van der Waals surface area contributed by atoms with Crippen LogP contribution in [0, 0.1) is 13.8 Å². The number of hydrogen-bond acceptors (Lipinski definition) is 4. The second-order valence-electron chi connectivity index (χ2n) is 7.65. The quantitative estimate of drug-likeness (QED) is 0.603. The van der Waals surface area contributed by atoms with Gasteiger partial charge in [0.2, 0.25) is 5.91 Å². The van der Waals surface area contributed by atoms with E-state index in [2.05, 4.69) is 17.3 Å². The third kappa shape index (κ3) is 4.54. The number of halogens is 1. The van der Waals surface area contributed by atoms with E-state index in [1.165, 1.54) is 0 Å². The number of carbonyl (C=O) groups excluding carboxylic acids is 1. The lowest BCUT2D eigenvalue weighted by atomic mass is 10.0. The molecule has 1 amide bonds. The fraction of sp³-hybridized carbons (Fsp3) is 0.333. The van der Waals surface area contributed by atoms with Crippen molar-refractivity contribution in [2.75, 3.05) is 13.2 Å². The maximum absolute atomic E-state index is 12.9. The molecule has 3 aromatic rings. The van der Waals surface area contributed by atoms with E-state index in [1.807, 2.05) is 61.0 Å². The van der Waals surface area contributed by atoms with E-state index in [0.29, 0.717) is 18.2 Å². The maximum Gasteiger partial charge on any atom is 0.225 e. The lowest BCUT2D eigenvalue weighted by Gasteiger charge is -2.22. The summed E-state index contributed by atoms with van der Waals surface area (Å²) < 4.78 is 13.1. The van der Waals surface area contributed by atoms with Crippen molar-refractivity contribution in [1.82, 2.24) is 15.1 Å². The molecule has 2 aromatic carbocycles. The van der Waals surface area contributed by atoms with E-state index >= 15 is 0 Å². The molecule has 6 nitrogen and oxygen atoms in total. The van der Waals surface area contributed by atoms with Gasteiger partial charge in [-0.3, -0.25) is 4.79 Å². The van der Waals surface area contributed by atoms with Crippen molar-refractivity contribution in [2.45, 2.75) is 39.7 Å². The number of benzene rings is 2. The lowest BCUT2D eigenvalue weighted by Crippen LogP contribution is -2.30. The fourth-order valence-corrected chi connectivity index (χ4v) is 3.99. The molecule has 0 spiro atoms. The van der Waals surface area contributed by atoms with Crippen LogP contribution in [0.4, 0.5) is 0 Å². The van der Waals surface area contributed by atoms with Gasteiger partial charge < -0.3 is 14.8 Å². The van der Waals surface area contributed by atoms with Crippen molar-refractivity contribution >= 4 is 17.5 Å². The number of fused-ring (bicyclic) bond motifs is 1. The molecule has 1 aliphatic rings. The zero-order valence-corrected chi connectivity index (χ0v) is 18.7. The molecule has 1 N–H and O–H groups in total. The standard InChI is InChI=1S/C24H26ClN3O3/c1-4-21(17-5-10-22-23(13-17)31-12-11-30-22)26-24(29)14-20-15(2)27-28(16(20)3)19-8-6-18(25)7-9-19/h5-10,13,21H,4,11-12,14H2,1-3H3,(H,26,29). The Hall–Kier alpha value is -2.99. The van der Waals surface area contributed by atoms with E-state index < -0.39 is 0 Å². The smallest absolute Gasteiger partial charge is 0.225 e. The van der Waals surface area contributed by atoms with Crippen molar-refractivity contribution < 1.29 is 14.3 Å². The molecule has 1 aromatic heterocycles. The minimum atomic E-state index is -0.102. The first kappa shape index (κ1) is 21.2. The minimum absolute atomic E-state index is 0.0383. The van der Waals surface area contributed by atoms with Crippen molar-refractivity contribution in [2.24, 2.45) is 0 Å². The van der Waals surface area contributed by atoms with Gasteiger partial charge in [0.05, 0.1) is 23.8 Å². The predicted octanol–water partition coefficient (Wildman–Crippen LogP) is 4.72. The number of aromatic nitrogens is 2. The Balaban J connectivity index is 1.50. The summed E-state index contributed by atoms with van der Waals surface area (Å²) in [6.07, 6.45) is 1.04. The van der Waals surface area contributed by atoms with Crippen LogP contribution in [-0.2, 0) is 11.2 Å². The Kier molecular flexibility index (Phi) is 6.18. The molecular weight excluding hydrogens is 414 g/mol. The maximum atomic E-state index is 12.9. The van der Waals surface area contributed by atoms with Crippen molar-refractivity contribution in [1.29, 1.82) is 0 Å². The second-order valence-corrected chi connectivity index (χ2v) is 8.08. The van der Waals surface area contributed by atoms with Crippen LogP contribution in [0.5, 0.6) is 11.5 Å². The SMILES string of the molecule is CCC(NC(=O)Cc1c(C)nn(-c2ccc(Cl)cc2)c1C)c1ccc2c(c1)OCCO2. The predicted molar refractivity (Wildman–Crippen MR) is 120 cm³/mol. The summed E-state index contributed by atoms with van der Waals surface area (Å²) in [5.41, 5.74) is 4.64. The van der Waals surface area contributed by atoms with Crippen LogP contribution in [0.3, 0.4) is 0 Å². The Morgan fingerprint density at radius 2 is 1.84 bits per heavy atom. The first-order valence-electron chi connectivity index (χ1n) is 10.5. The average Bonchev–Trinajstić information content (AvgIpc) is 3.06. The van der Waals surface area contributed by atoms with Crippen molar-refractivity contribution in [3.8, 4) is 17.2 Å². The van der Waals surface area contributed by atoms with Gasteiger partial charge in [0, 0.05) is 16.3 Å². The van der Waals surface area contributed by atoms with Gasteiger partial charge in [-0.15, -0.1) is 0 Å². The molecule has 4 rings (SSSR count). The lowest BCUT2D eigenvalue weighted by molar-refractivity contribution is -0.121. The number of aryl methyl sites for hydroxylation is 1. The van der Waals surface area contributed by atoms with Crippen molar-refractivity contribution in [3.05, 3.63) is 70.0 Å². The normalized spacial score (nSPS) is 13.7. The van der Waals surface area contributed by atoms with Gasteiger partial charge in [0.1, 0.15) is 13.2 Å². The third-order valence-corrected chi connectivity index (χ3v) is 5.81. The molecule has 7 heteroatoms. The average molecular weight is 440 g/mol. The molecule has 0 aliphatic carbocycles. The molecule has 1 unspecified atom stereocenters. The summed E-state index contributed by atoms with van der Waals surface area (Å²) in [5, 5.41) is 8.47. The van der Waals surface area contributed by atoms with E-state index in [9.17, 15) is 4.79 Å². The van der Waals surface area contributed by atoms with Crippen LogP contribution in [-0.4, -0.2) is 28.9 Å². The van der Waals surface area contributed by atoms with Crippen molar-refractivity contribution in [3.63, 3.8) is 0 Å². The summed E-state index contributed by atoms with van der Waals surface area (Å²) >= 11 is 6.00. The molecule has 2 heterocycles. The number of hydrogen-bond donors (Lipinski definition) is 1. The van der Waals surface area contributed by atoms with Gasteiger partial charge in [-0.2, -0.15) is 5.10 Å². The first-order chi connectivity index (χ1) is 15.0. The number of nitrogens with zero attached hydrogens (tertiary/aromatic N) is 2. The van der Waals surface area contributed by atoms with Crippen LogP contribution in [0.25, 0.3) is 5.69 Å². The molecule has 0 saturated carbocycles. The summed E-state index contributed by atoms with van der Waals surface area (Å²) in [4.78, 5) is 12.9. The molecular formula is C24H26ClN3O3. The molecule has 162 valence electrons. The molecule has 1 aliphatic heterocycles. The van der Waals surface area contributed by atoms with E-state index in [0.717, 1.165) is 46.1 Å².